The summed E-state index contributed by atoms with van der Waals surface area (Å²) in [6.45, 7) is 14.0. The zero-order valence-corrected chi connectivity index (χ0v) is 21.0. The molecule has 0 aromatic heterocycles. The Morgan fingerprint density at radius 2 is 1.65 bits per heavy atom. The van der Waals surface area contributed by atoms with Gasteiger partial charge in [0.25, 0.3) is 6.47 Å². The minimum atomic E-state index is -4.98. The predicted octanol–water partition coefficient (Wildman–Crippen LogP) is 5.60. The molecule has 34 heavy (non-hydrogen) atoms. The van der Waals surface area contributed by atoms with Crippen LogP contribution in [0, 0.1) is 5.82 Å². The molecule has 1 aromatic carbocycles. The van der Waals surface area contributed by atoms with Crippen molar-refractivity contribution in [3.63, 3.8) is 0 Å². The molecular formula is C23H36F4N2O5. The van der Waals surface area contributed by atoms with Crippen molar-refractivity contribution in [1.29, 1.82) is 0 Å². The summed E-state index contributed by atoms with van der Waals surface area (Å²) in [5.41, 5.74) is -3.00. The standard InChI is InChI=1S/C17H20F4N2O3.C2H4O2.2C2H6/c1-16(2,3)26-15(25)22-10-6-7-23(8-10)13-5-4-12(18)14(11(13)9-24)17(19,20)21;1-4-2-3;2*1-2/h4-5,9-10H,6-8H2,1-3H3,(H,22,25);2H,1H3;2*1-2H3/t10-;;;/m1.../s1. The topological polar surface area (TPSA) is 84.9 Å². The Hall–Kier alpha value is -2.85. The highest BCUT2D eigenvalue weighted by Crippen LogP contribution is 2.38. The first-order chi connectivity index (χ1) is 15.8. The van der Waals surface area contributed by atoms with Gasteiger partial charge in [0.05, 0.1) is 18.7 Å². The van der Waals surface area contributed by atoms with Gasteiger partial charge < -0.3 is 19.7 Å². The van der Waals surface area contributed by atoms with Crippen molar-refractivity contribution in [1.82, 2.24) is 5.32 Å². The number of alkyl halides is 3. The quantitative estimate of drug-likeness (QED) is 0.431. The SMILES string of the molecule is CC.CC.CC(C)(C)OC(=O)N[C@@H]1CCN(c2ccc(F)c(C(F)(F)F)c2C=O)C1.COC=O. The summed E-state index contributed by atoms with van der Waals surface area (Å²) in [7, 11) is 1.31. The molecule has 7 nitrogen and oxygen atoms in total. The summed E-state index contributed by atoms with van der Waals surface area (Å²) in [6, 6.07) is 1.48. The highest BCUT2D eigenvalue weighted by Gasteiger charge is 2.39. The van der Waals surface area contributed by atoms with Crippen LogP contribution in [0.3, 0.4) is 0 Å². The van der Waals surface area contributed by atoms with Crippen molar-refractivity contribution < 1.29 is 41.4 Å². The molecule has 0 unspecified atom stereocenters. The molecule has 0 bridgehead atoms. The normalized spacial score (nSPS) is 14.7. The lowest BCUT2D eigenvalue weighted by Gasteiger charge is -2.24. The zero-order chi connectivity index (χ0) is 27.1. The molecule has 1 saturated heterocycles. The molecule has 11 heteroatoms. The van der Waals surface area contributed by atoms with Crippen LogP contribution in [-0.4, -0.2) is 50.7 Å². The maximum atomic E-state index is 13.6. The number of carbonyl (C=O) groups excluding carboxylic acids is 3. The third kappa shape index (κ3) is 11.3. The number of carbonyl (C=O) groups is 3. The minimum absolute atomic E-state index is 0.00978. The number of halogens is 4. The fourth-order valence-electron chi connectivity index (χ4n) is 2.84. The van der Waals surface area contributed by atoms with E-state index in [4.69, 9.17) is 9.53 Å². The van der Waals surface area contributed by atoms with Crippen LogP contribution in [0.15, 0.2) is 12.1 Å². The molecule has 1 N–H and O–H groups in total. The molecule has 1 amide bonds. The summed E-state index contributed by atoms with van der Waals surface area (Å²) in [5.74, 6) is -1.49. The zero-order valence-electron chi connectivity index (χ0n) is 21.0. The lowest BCUT2D eigenvalue weighted by atomic mass is 10.0. The van der Waals surface area contributed by atoms with Crippen LogP contribution < -0.4 is 10.2 Å². The van der Waals surface area contributed by atoms with Crippen LogP contribution in [0.4, 0.5) is 28.0 Å². The van der Waals surface area contributed by atoms with Gasteiger partial charge in [0.1, 0.15) is 17.0 Å². The van der Waals surface area contributed by atoms with Crippen LogP contribution >= 0.6 is 0 Å². The Morgan fingerprint density at radius 3 is 2.06 bits per heavy atom. The van der Waals surface area contributed by atoms with Crippen LogP contribution in [-0.2, 0) is 20.4 Å². The molecule has 1 aliphatic rings. The number of ether oxygens (including phenoxy) is 2. The lowest BCUT2D eigenvalue weighted by molar-refractivity contribution is -0.140. The number of aldehydes is 1. The molecular weight excluding hydrogens is 460 g/mol. The van der Waals surface area contributed by atoms with Gasteiger partial charge in [0.15, 0.2) is 6.29 Å². The predicted molar refractivity (Wildman–Crippen MR) is 123 cm³/mol. The largest absolute Gasteiger partial charge is 0.471 e. The first kappa shape index (κ1) is 33.3. The van der Waals surface area contributed by atoms with Crippen molar-refractivity contribution in [2.45, 2.75) is 72.7 Å². The molecule has 0 radical (unpaired) electrons. The maximum absolute atomic E-state index is 13.6. The van der Waals surface area contributed by atoms with Crippen molar-refractivity contribution in [2.24, 2.45) is 0 Å². The molecule has 1 aromatic rings. The smallest absolute Gasteiger partial charge is 0.419 e. The average molecular weight is 497 g/mol. The number of benzene rings is 1. The van der Waals surface area contributed by atoms with Crippen LogP contribution in [0.1, 0.15) is 70.8 Å². The van der Waals surface area contributed by atoms with E-state index in [0.717, 1.165) is 6.07 Å². The van der Waals surface area contributed by atoms with Gasteiger partial charge in [-0.25, -0.2) is 9.18 Å². The fraction of sp³-hybridized carbons (Fsp3) is 0.609. The van der Waals surface area contributed by atoms with Crippen LogP contribution in [0.25, 0.3) is 0 Å². The summed E-state index contributed by atoms with van der Waals surface area (Å²) >= 11 is 0. The number of amides is 1. The summed E-state index contributed by atoms with van der Waals surface area (Å²) < 4.78 is 61.9. The van der Waals surface area contributed by atoms with Crippen molar-refractivity contribution in [3.8, 4) is 0 Å². The number of hydrogen-bond donors (Lipinski definition) is 1. The molecule has 1 heterocycles. The Bertz CT molecular complexity index is 765. The lowest BCUT2D eigenvalue weighted by Crippen LogP contribution is -2.40. The first-order valence-electron chi connectivity index (χ1n) is 10.9. The Balaban J connectivity index is 0. The molecule has 1 aliphatic heterocycles. The average Bonchev–Trinajstić information content (AvgIpc) is 3.22. The molecule has 2 rings (SSSR count). The van der Waals surface area contributed by atoms with Crippen molar-refractivity contribution in [2.75, 3.05) is 25.1 Å². The van der Waals surface area contributed by atoms with E-state index in [0.29, 0.717) is 25.5 Å². The fourth-order valence-corrected chi connectivity index (χ4v) is 2.84. The van der Waals surface area contributed by atoms with E-state index in [1.807, 2.05) is 27.7 Å². The first-order valence-corrected chi connectivity index (χ1v) is 10.9. The van der Waals surface area contributed by atoms with E-state index >= 15 is 0 Å². The number of methoxy groups -OCH3 is 1. The minimum Gasteiger partial charge on any atom is -0.471 e. The van der Waals surface area contributed by atoms with E-state index < -0.39 is 34.8 Å². The number of anilines is 1. The van der Waals surface area contributed by atoms with Crippen LogP contribution in [0.2, 0.25) is 0 Å². The van der Waals surface area contributed by atoms with E-state index in [-0.39, 0.29) is 24.6 Å². The Labute approximate surface area is 198 Å². The molecule has 0 aliphatic carbocycles. The second kappa shape index (κ2) is 15.9. The van der Waals surface area contributed by atoms with Gasteiger partial charge in [-0.1, -0.05) is 27.7 Å². The van der Waals surface area contributed by atoms with E-state index in [1.54, 1.807) is 20.8 Å². The third-order valence-electron chi connectivity index (χ3n) is 3.92. The monoisotopic (exact) mass is 496 g/mol. The van der Waals surface area contributed by atoms with Gasteiger partial charge in [-0.05, 0) is 39.3 Å². The number of rotatable bonds is 4. The number of nitrogens with one attached hydrogen (secondary N) is 1. The number of hydrogen-bond acceptors (Lipinski definition) is 6. The van der Waals surface area contributed by atoms with Gasteiger partial charge >= 0.3 is 12.3 Å². The number of nitrogens with zero attached hydrogens (tertiary/aromatic N) is 1. The van der Waals surface area contributed by atoms with Gasteiger partial charge in [0.2, 0.25) is 0 Å². The maximum Gasteiger partial charge on any atom is 0.419 e. The molecule has 1 fully saturated rings. The summed E-state index contributed by atoms with van der Waals surface area (Å²) in [6.07, 6.45) is -5.15. The summed E-state index contributed by atoms with van der Waals surface area (Å²) in [4.78, 5) is 33.5. The van der Waals surface area contributed by atoms with Gasteiger partial charge in [0, 0.05) is 18.8 Å². The number of alkyl carbamates (subject to hydrolysis) is 1. The van der Waals surface area contributed by atoms with E-state index in [9.17, 15) is 27.2 Å². The molecule has 0 spiro atoms. The Morgan fingerprint density at radius 1 is 1.12 bits per heavy atom. The second-order valence-electron chi connectivity index (χ2n) is 7.38. The molecule has 1 atom stereocenters. The van der Waals surface area contributed by atoms with Crippen molar-refractivity contribution in [3.05, 3.63) is 29.1 Å². The van der Waals surface area contributed by atoms with Gasteiger partial charge in [-0.2, -0.15) is 13.2 Å². The second-order valence-corrected chi connectivity index (χ2v) is 7.38. The van der Waals surface area contributed by atoms with Gasteiger partial charge in [-0.15, -0.1) is 0 Å². The highest BCUT2D eigenvalue weighted by molar-refractivity contribution is 5.87. The van der Waals surface area contributed by atoms with Crippen molar-refractivity contribution >= 4 is 24.5 Å². The highest BCUT2D eigenvalue weighted by atomic mass is 19.4. The van der Waals surface area contributed by atoms with Crippen LogP contribution in [0.5, 0.6) is 0 Å². The Kier molecular flexibility index (Phi) is 15.6. The third-order valence-corrected chi connectivity index (χ3v) is 3.92. The molecule has 0 saturated carbocycles. The summed E-state index contributed by atoms with van der Waals surface area (Å²) in [5, 5.41) is 2.64. The van der Waals surface area contributed by atoms with E-state index in [1.165, 1.54) is 12.0 Å². The van der Waals surface area contributed by atoms with E-state index in [2.05, 4.69) is 10.1 Å². The van der Waals surface area contributed by atoms with Gasteiger partial charge in [-0.3, -0.25) is 9.59 Å². The molecule has 196 valence electrons.